The van der Waals surface area contributed by atoms with Crippen LogP contribution in [0.15, 0.2) is 46.9 Å². The maximum atomic E-state index is 6.13. The zero-order valence-electron chi connectivity index (χ0n) is 11.5. The van der Waals surface area contributed by atoms with Crippen molar-refractivity contribution < 1.29 is 4.74 Å². The first-order valence-electron chi connectivity index (χ1n) is 6.71. The summed E-state index contributed by atoms with van der Waals surface area (Å²) in [5, 5.41) is 3.35. The number of nitrogens with two attached hydrogens (primary N) is 1. The largest absolute Gasteiger partial charge is 0.491 e. The van der Waals surface area contributed by atoms with E-state index in [4.69, 9.17) is 10.5 Å². The van der Waals surface area contributed by atoms with Gasteiger partial charge in [0.05, 0.1) is 18.0 Å². The van der Waals surface area contributed by atoms with Crippen LogP contribution in [0.4, 0.5) is 11.4 Å². The molecular weight excluding hydrogens is 316 g/mol. The van der Waals surface area contributed by atoms with Crippen LogP contribution in [0.3, 0.4) is 0 Å². The lowest BCUT2D eigenvalue weighted by Gasteiger charge is -2.14. The third-order valence-corrected chi connectivity index (χ3v) is 3.73. The summed E-state index contributed by atoms with van der Waals surface area (Å²) in [7, 11) is 0. The first-order chi connectivity index (χ1) is 9.72. The molecule has 4 heteroatoms. The molecule has 0 aliphatic carbocycles. The molecule has 0 radical (unpaired) electrons. The second-order valence-corrected chi connectivity index (χ2v) is 5.37. The quantitative estimate of drug-likeness (QED) is 0.768. The van der Waals surface area contributed by atoms with Crippen LogP contribution in [0, 0.1) is 0 Å². The van der Waals surface area contributed by atoms with Gasteiger partial charge in [-0.15, -0.1) is 0 Å². The van der Waals surface area contributed by atoms with Crippen LogP contribution < -0.4 is 15.8 Å². The molecule has 0 fully saturated rings. The highest BCUT2D eigenvalue weighted by Crippen LogP contribution is 2.30. The summed E-state index contributed by atoms with van der Waals surface area (Å²) in [6.45, 7) is 3.46. The minimum atomic E-state index is 0.660. The number of ether oxygens (including phenoxy) is 1. The third-order valence-electron chi connectivity index (χ3n) is 2.95. The monoisotopic (exact) mass is 334 g/mol. The molecule has 0 saturated carbocycles. The van der Waals surface area contributed by atoms with Gasteiger partial charge in [0.1, 0.15) is 5.75 Å². The van der Waals surface area contributed by atoms with Crippen molar-refractivity contribution in [1.82, 2.24) is 0 Å². The van der Waals surface area contributed by atoms with Gasteiger partial charge < -0.3 is 15.8 Å². The molecule has 20 heavy (non-hydrogen) atoms. The molecule has 106 valence electrons. The standard InChI is InChI=1S/C16H19BrN2O/c1-2-10-20-15-9-5-8-14(16(15)18)19-11-12-6-3-4-7-13(12)17/h3-9,19H,2,10-11,18H2,1H3. The van der Waals surface area contributed by atoms with Crippen LogP contribution in [-0.4, -0.2) is 6.61 Å². The van der Waals surface area contributed by atoms with E-state index < -0.39 is 0 Å². The lowest BCUT2D eigenvalue weighted by atomic mass is 10.2. The van der Waals surface area contributed by atoms with E-state index in [9.17, 15) is 0 Å². The number of hydrogen-bond donors (Lipinski definition) is 2. The lowest BCUT2D eigenvalue weighted by Crippen LogP contribution is -2.05. The van der Waals surface area contributed by atoms with Crippen LogP contribution in [0.25, 0.3) is 0 Å². The number of nitrogen functional groups attached to an aromatic ring is 1. The number of benzene rings is 2. The fraction of sp³-hybridized carbons (Fsp3) is 0.250. The van der Waals surface area contributed by atoms with Crippen molar-refractivity contribution in [3.05, 3.63) is 52.5 Å². The Morgan fingerprint density at radius 2 is 1.95 bits per heavy atom. The molecule has 0 bridgehead atoms. The molecule has 2 aromatic rings. The summed E-state index contributed by atoms with van der Waals surface area (Å²) in [4.78, 5) is 0. The Morgan fingerprint density at radius 1 is 1.15 bits per heavy atom. The van der Waals surface area contributed by atoms with E-state index in [1.165, 1.54) is 5.56 Å². The topological polar surface area (TPSA) is 47.3 Å². The molecule has 0 heterocycles. The van der Waals surface area contributed by atoms with Gasteiger partial charge in [0.15, 0.2) is 0 Å². The van der Waals surface area contributed by atoms with Crippen molar-refractivity contribution >= 4 is 27.3 Å². The Morgan fingerprint density at radius 3 is 2.70 bits per heavy atom. The van der Waals surface area contributed by atoms with Gasteiger partial charge in [-0.3, -0.25) is 0 Å². The normalized spacial score (nSPS) is 10.3. The van der Waals surface area contributed by atoms with Gasteiger partial charge in [0, 0.05) is 11.0 Å². The van der Waals surface area contributed by atoms with E-state index in [2.05, 4.69) is 34.2 Å². The van der Waals surface area contributed by atoms with Gasteiger partial charge in [0.2, 0.25) is 0 Å². The maximum Gasteiger partial charge on any atom is 0.144 e. The highest BCUT2D eigenvalue weighted by atomic mass is 79.9. The zero-order chi connectivity index (χ0) is 14.4. The Hall–Kier alpha value is -1.68. The molecule has 2 rings (SSSR count). The van der Waals surface area contributed by atoms with Crippen molar-refractivity contribution in [2.24, 2.45) is 0 Å². The maximum absolute atomic E-state index is 6.13. The first kappa shape index (κ1) is 14.7. The van der Waals surface area contributed by atoms with Crippen molar-refractivity contribution in [3.8, 4) is 5.75 Å². The van der Waals surface area contributed by atoms with Crippen molar-refractivity contribution in [3.63, 3.8) is 0 Å². The van der Waals surface area contributed by atoms with Gasteiger partial charge in [-0.1, -0.05) is 47.1 Å². The molecular formula is C16H19BrN2O. The van der Waals surface area contributed by atoms with E-state index in [1.807, 2.05) is 36.4 Å². The van der Waals surface area contributed by atoms with E-state index in [0.29, 0.717) is 18.8 Å². The van der Waals surface area contributed by atoms with E-state index in [1.54, 1.807) is 0 Å². The van der Waals surface area contributed by atoms with Gasteiger partial charge >= 0.3 is 0 Å². The molecule has 0 saturated heterocycles. The Kier molecular flexibility index (Phi) is 5.30. The summed E-state index contributed by atoms with van der Waals surface area (Å²) >= 11 is 3.54. The smallest absolute Gasteiger partial charge is 0.144 e. The van der Waals surface area contributed by atoms with E-state index in [0.717, 1.165) is 22.3 Å². The fourth-order valence-corrected chi connectivity index (χ4v) is 2.29. The molecule has 0 aliphatic heterocycles. The second kappa shape index (κ2) is 7.20. The summed E-state index contributed by atoms with van der Waals surface area (Å²) in [5.41, 5.74) is 8.87. The van der Waals surface area contributed by atoms with Crippen molar-refractivity contribution in [2.45, 2.75) is 19.9 Å². The molecule has 3 nitrogen and oxygen atoms in total. The molecule has 0 amide bonds. The van der Waals surface area contributed by atoms with Crippen LogP contribution in [-0.2, 0) is 6.54 Å². The van der Waals surface area contributed by atoms with Crippen LogP contribution >= 0.6 is 15.9 Å². The highest BCUT2D eigenvalue weighted by Gasteiger charge is 2.06. The highest BCUT2D eigenvalue weighted by molar-refractivity contribution is 9.10. The minimum Gasteiger partial charge on any atom is -0.491 e. The van der Waals surface area contributed by atoms with Crippen LogP contribution in [0.2, 0.25) is 0 Å². The molecule has 0 aliphatic rings. The summed E-state index contributed by atoms with van der Waals surface area (Å²) in [6.07, 6.45) is 0.966. The predicted molar refractivity (Wildman–Crippen MR) is 88.1 cm³/mol. The molecule has 2 aromatic carbocycles. The number of para-hydroxylation sites is 1. The van der Waals surface area contributed by atoms with E-state index in [-0.39, 0.29) is 0 Å². The zero-order valence-corrected chi connectivity index (χ0v) is 13.1. The third kappa shape index (κ3) is 3.67. The Balaban J connectivity index is 2.08. The summed E-state index contributed by atoms with van der Waals surface area (Å²) < 4.78 is 6.72. The average molecular weight is 335 g/mol. The average Bonchev–Trinajstić information content (AvgIpc) is 2.46. The van der Waals surface area contributed by atoms with Gasteiger partial charge in [-0.25, -0.2) is 0 Å². The molecule has 0 atom stereocenters. The Labute approximate surface area is 128 Å². The predicted octanol–water partition coefficient (Wildman–Crippen LogP) is 4.43. The molecule has 0 aromatic heterocycles. The summed E-state index contributed by atoms with van der Waals surface area (Å²) in [6, 6.07) is 13.9. The minimum absolute atomic E-state index is 0.660. The first-order valence-corrected chi connectivity index (χ1v) is 7.50. The SMILES string of the molecule is CCCOc1cccc(NCc2ccccc2Br)c1N. The number of halogens is 1. The molecule has 0 spiro atoms. The van der Waals surface area contributed by atoms with Crippen LogP contribution in [0.5, 0.6) is 5.75 Å². The lowest BCUT2D eigenvalue weighted by molar-refractivity contribution is 0.319. The van der Waals surface area contributed by atoms with Gasteiger partial charge in [-0.05, 0) is 30.2 Å². The van der Waals surface area contributed by atoms with Gasteiger partial charge in [0.25, 0.3) is 0 Å². The Bertz CT molecular complexity index is 572. The summed E-state index contributed by atoms with van der Waals surface area (Å²) in [5.74, 6) is 0.740. The van der Waals surface area contributed by atoms with Crippen molar-refractivity contribution in [2.75, 3.05) is 17.7 Å². The molecule has 0 unspecified atom stereocenters. The second-order valence-electron chi connectivity index (χ2n) is 4.51. The fourth-order valence-electron chi connectivity index (χ4n) is 1.87. The molecule has 3 N–H and O–H groups in total. The van der Waals surface area contributed by atoms with E-state index >= 15 is 0 Å². The van der Waals surface area contributed by atoms with Gasteiger partial charge in [-0.2, -0.15) is 0 Å². The number of rotatable bonds is 6. The van der Waals surface area contributed by atoms with Crippen molar-refractivity contribution in [1.29, 1.82) is 0 Å². The number of anilines is 2. The van der Waals surface area contributed by atoms with Crippen LogP contribution in [0.1, 0.15) is 18.9 Å². The number of nitrogens with one attached hydrogen (secondary N) is 1. The number of hydrogen-bond acceptors (Lipinski definition) is 3.